The molecule has 0 atom stereocenters. The van der Waals surface area contributed by atoms with Crippen LogP contribution in [-0.2, 0) is 0 Å². The maximum Gasteiger partial charge on any atom is 0.253 e. The zero-order valence-electron chi connectivity index (χ0n) is 8.58. The molecule has 0 unspecified atom stereocenters. The molecule has 0 aromatic heterocycles. The van der Waals surface area contributed by atoms with Gasteiger partial charge in [-0.3, -0.25) is 4.79 Å². The molecule has 0 heterocycles. The van der Waals surface area contributed by atoms with Gasteiger partial charge in [-0.15, -0.1) is 0 Å². The summed E-state index contributed by atoms with van der Waals surface area (Å²) < 4.78 is 0. The van der Waals surface area contributed by atoms with Gasteiger partial charge < -0.3 is 16.2 Å². The summed E-state index contributed by atoms with van der Waals surface area (Å²) >= 11 is 0. The Morgan fingerprint density at radius 3 is 2.87 bits per heavy atom. The van der Waals surface area contributed by atoms with Crippen LogP contribution in [0.5, 0.6) is 5.75 Å². The number of hydrogen-bond donors (Lipinski definition) is 3. The molecular formula is C11H14N2O2. The molecular weight excluding hydrogens is 192 g/mol. The van der Waals surface area contributed by atoms with Gasteiger partial charge in [-0.25, -0.2) is 0 Å². The summed E-state index contributed by atoms with van der Waals surface area (Å²) in [5.41, 5.74) is 7.07. The summed E-state index contributed by atoms with van der Waals surface area (Å²) in [7, 11) is 0. The number of carbonyl (C=O) groups is 1. The Morgan fingerprint density at radius 1 is 1.60 bits per heavy atom. The largest absolute Gasteiger partial charge is 0.508 e. The molecule has 0 aliphatic rings. The Labute approximate surface area is 88.4 Å². The molecule has 1 aromatic rings. The lowest BCUT2D eigenvalue weighted by Crippen LogP contribution is -2.25. The van der Waals surface area contributed by atoms with E-state index in [0.29, 0.717) is 12.2 Å². The van der Waals surface area contributed by atoms with E-state index in [0.717, 1.165) is 5.57 Å². The van der Waals surface area contributed by atoms with Gasteiger partial charge in [0.25, 0.3) is 5.91 Å². The van der Waals surface area contributed by atoms with Crippen molar-refractivity contribution >= 4 is 11.6 Å². The van der Waals surface area contributed by atoms with Gasteiger partial charge in [-0.2, -0.15) is 0 Å². The fourth-order valence-corrected chi connectivity index (χ4v) is 1.07. The number of carbonyl (C=O) groups excluding carboxylic acids is 1. The Bertz CT molecular complexity index is 400. The quantitative estimate of drug-likeness (QED) is 0.396. The Kier molecular flexibility index (Phi) is 3.33. The van der Waals surface area contributed by atoms with Crippen molar-refractivity contribution in [1.29, 1.82) is 0 Å². The number of benzene rings is 1. The third-order valence-corrected chi connectivity index (χ3v) is 1.83. The van der Waals surface area contributed by atoms with Crippen LogP contribution in [0.1, 0.15) is 17.3 Å². The van der Waals surface area contributed by atoms with Gasteiger partial charge in [0.2, 0.25) is 0 Å². The number of nitrogens with one attached hydrogen (secondary N) is 1. The van der Waals surface area contributed by atoms with Gasteiger partial charge in [0.1, 0.15) is 5.75 Å². The fourth-order valence-electron chi connectivity index (χ4n) is 1.07. The second kappa shape index (κ2) is 4.50. The number of anilines is 1. The lowest BCUT2D eigenvalue weighted by Gasteiger charge is -2.07. The number of phenols is 1. The second-order valence-corrected chi connectivity index (χ2v) is 3.41. The zero-order chi connectivity index (χ0) is 11.4. The molecule has 4 nitrogen and oxygen atoms in total. The summed E-state index contributed by atoms with van der Waals surface area (Å²) in [6, 6.07) is 4.26. The highest BCUT2D eigenvalue weighted by molar-refractivity contribution is 5.99. The highest BCUT2D eigenvalue weighted by Crippen LogP contribution is 2.18. The first-order valence-corrected chi connectivity index (χ1v) is 4.52. The van der Waals surface area contributed by atoms with Gasteiger partial charge in [0.05, 0.1) is 5.56 Å². The number of rotatable bonds is 3. The van der Waals surface area contributed by atoms with Crippen LogP contribution < -0.4 is 11.1 Å². The highest BCUT2D eigenvalue weighted by atomic mass is 16.3. The van der Waals surface area contributed by atoms with Crippen LogP contribution in [-0.4, -0.2) is 17.6 Å². The van der Waals surface area contributed by atoms with Crippen molar-refractivity contribution in [2.24, 2.45) is 0 Å². The predicted octanol–water partition coefficient (Wildman–Crippen LogP) is 1.28. The summed E-state index contributed by atoms with van der Waals surface area (Å²) in [6.07, 6.45) is 0. The van der Waals surface area contributed by atoms with Gasteiger partial charge in [-0.1, -0.05) is 12.2 Å². The molecule has 15 heavy (non-hydrogen) atoms. The molecule has 0 bridgehead atoms. The molecule has 0 saturated carbocycles. The summed E-state index contributed by atoms with van der Waals surface area (Å²) in [5.74, 6) is -0.295. The van der Waals surface area contributed by atoms with E-state index in [1.165, 1.54) is 18.2 Å². The van der Waals surface area contributed by atoms with Crippen LogP contribution in [0, 0.1) is 0 Å². The number of nitrogen functional groups attached to an aromatic ring is 1. The smallest absolute Gasteiger partial charge is 0.253 e. The van der Waals surface area contributed by atoms with Crippen LogP contribution in [0.25, 0.3) is 0 Å². The molecule has 1 aromatic carbocycles. The number of aromatic hydroxyl groups is 1. The minimum Gasteiger partial charge on any atom is -0.508 e. The summed E-state index contributed by atoms with van der Waals surface area (Å²) in [4.78, 5) is 11.6. The van der Waals surface area contributed by atoms with E-state index in [9.17, 15) is 9.90 Å². The zero-order valence-corrected chi connectivity index (χ0v) is 8.58. The van der Waals surface area contributed by atoms with Gasteiger partial charge in [-0.05, 0) is 25.1 Å². The van der Waals surface area contributed by atoms with Crippen LogP contribution >= 0.6 is 0 Å². The molecule has 0 saturated heterocycles. The highest BCUT2D eigenvalue weighted by Gasteiger charge is 2.09. The number of hydrogen-bond acceptors (Lipinski definition) is 3. The Balaban J connectivity index is 2.81. The molecule has 1 rings (SSSR count). The third kappa shape index (κ3) is 3.02. The van der Waals surface area contributed by atoms with E-state index in [1.807, 2.05) is 6.92 Å². The van der Waals surface area contributed by atoms with Crippen molar-refractivity contribution < 1.29 is 9.90 Å². The van der Waals surface area contributed by atoms with E-state index >= 15 is 0 Å². The van der Waals surface area contributed by atoms with Crippen molar-refractivity contribution in [2.75, 3.05) is 12.3 Å². The predicted molar refractivity (Wildman–Crippen MR) is 59.7 cm³/mol. The van der Waals surface area contributed by atoms with E-state index < -0.39 is 0 Å². The molecule has 0 fully saturated rings. The average molecular weight is 206 g/mol. The van der Waals surface area contributed by atoms with E-state index in [-0.39, 0.29) is 17.2 Å². The van der Waals surface area contributed by atoms with E-state index in [4.69, 9.17) is 5.73 Å². The molecule has 4 N–H and O–H groups in total. The lowest BCUT2D eigenvalue weighted by molar-refractivity contribution is 0.0957. The lowest BCUT2D eigenvalue weighted by atomic mass is 10.1. The minimum atomic E-state index is -0.314. The van der Waals surface area contributed by atoms with Gasteiger partial charge in [0, 0.05) is 12.2 Å². The number of phenolic OH excluding ortho intramolecular Hbond substituents is 1. The first-order valence-electron chi connectivity index (χ1n) is 4.52. The second-order valence-electron chi connectivity index (χ2n) is 3.41. The van der Waals surface area contributed by atoms with Crippen molar-refractivity contribution in [1.82, 2.24) is 5.32 Å². The number of nitrogens with two attached hydrogens (primary N) is 1. The van der Waals surface area contributed by atoms with Gasteiger partial charge in [0.15, 0.2) is 0 Å². The van der Waals surface area contributed by atoms with E-state index in [2.05, 4.69) is 11.9 Å². The standard InChI is InChI=1S/C11H14N2O2/c1-7(2)6-13-11(15)9-5-8(14)3-4-10(9)12/h3-5,14H,1,6,12H2,2H3,(H,13,15). The molecule has 0 aliphatic heterocycles. The normalized spacial score (nSPS) is 9.67. The molecule has 80 valence electrons. The van der Waals surface area contributed by atoms with Gasteiger partial charge >= 0.3 is 0 Å². The average Bonchev–Trinajstić information content (AvgIpc) is 2.18. The molecule has 1 amide bonds. The molecule has 0 spiro atoms. The summed E-state index contributed by atoms with van der Waals surface area (Å²) in [5, 5.41) is 11.8. The monoisotopic (exact) mass is 206 g/mol. The first-order chi connectivity index (χ1) is 7.00. The van der Waals surface area contributed by atoms with Crippen molar-refractivity contribution in [3.05, 3.63) is 35.9 Å². The van der Waals surface area contributed by atoms with Crippen molar-refractivity contribution in [2.45, 2.75) is 6.92 Å². The van der Waals surface area contributed by atoms with Crippen LogP contribution in [0.15, 0.2) is 30.4 Å². The third-order valence-electron chi connectivity index (χ3n) is 1.83. The minimum absolute atomic E-state index is 0.0182. The molecule has 0 radical (unpaired) electrons. The van der Waals surface area contributed by atoms with Crippen molar-refractivity contribution in [3.63, 3.8) is 0 Å². The fraction of sp³-hybridized carbons (Fsp3) is 0.182. The van der Waals surface area contributed by atoms with E-state index in [1.54, 1.807) is 0 Å². The van der Waals surface area contributed by atoms with Crippen LogP contribution in [0.4, 0.5) is 5.69 Å². The maximum absolute atomic E-state index is 11.6. The topological polar surface area (TPSA) is 75.3 Å². The Morgan fingerprint density at radius 2 is 2.27 bits per heavy atom. The summed E-state index contributed by atoms with van der Waals surface area (Å²) in [6.45, 7) is 5.87. The SMILES string of the molecule is C=C(C)CNC(=O)c1cc(O)ccc1N. The maximum atomic E-state index is 11.6. The van der Waals surface area contributed by atoms with Crippen molar-refractivity contribution in [3.8, 4) is 5.75 Å². The van der Waals surface area contributed by atoms with Crippen LogP contribution in [0.3, 0.4) is 0 Å². The molecule has 4 heteroatoms. The Hall–Kier alpha value is -1.97. The molecule has 0 aliphatic carbocycles. The number of amides is 1. The van der Waals surface area contributed by atoms with Crippen LogP contribution in [0.2, 0.25) is 0 Å². The first kappa shape index (κ1) is 11.1.